The predicted molar refractivity (Wildman–Crippen MR) is 111 cm³/mol. The van der Waals surface area contributed by atoms with Crippen LogP contribution in [-0.4, -0.2) is 28.7 Å². The third-order valence-corrected chi connectivity index (χ3v) is 4.46. The van der Waals surface area contributed by atoms with Gasteiger partial charge in [-0.3, -0.25) is 19.4 Å². The Bertz CT molecular complexity index is 1060. The van der Waals surface area contributed by atoms with Crippen LogP contribution in [0.25, 0.3) is 10.9 Å². The molecule has 0 aliphatic rings. The second-order valence-corrected chi connectivity index (χ2v) is 6.75. The van der Waals surface area contributed by atoms with E-state index in [0.717, 1.165) is 16.6 Å². The minimum absolute atomic E-state index is 0.0946. The van der Waals surface area contributed by atoms with Crippen molar-refractivity contribution in [2.45, 2.75) is 32.8 Å². The number of fused-ring (bicyclic) bond motifs is 1. The predicted octanol–water partition coefficient (Wildman–Crippen LogP) is 3.94. The zero-order chi connectivity index (χ0) is 20.8. The number of para-hydroxylation sites is 1. The zero-order valence-corrected chi connectivity index (χ0v) is 16.3. The number of hydrogen-bond donors (Lipinski definition) is 1. The van der Waals surface area contributed by atoms with Crippen LogP contribution < -0.4 is 5.32 Å². The first-order valence-electron chi connectivity index (χ1n) is 9.38. The molecule has 1 atom stereocenters. The molecular weight excluding hydrogens is 368 g/mol. The van der Waals surface area contributed by atoms with Crippen LogP contribution in [0.4, 0.5) is 5.69 Å². The van der Waals surface area contributed by atoms with Gasteiger partial charge in [0, 0.05) is 28.8 Å². The summed E-state index contributed by atoms with van der Waals surface area (Å²) in [7, 11) is 0. The molecule has 148 valence electrons. The van der Waals surface area contributed by atoms with Gasteiger partial charge in [-0.2, -0.15) is 0 Å². The van der Waals surface area contributed by atoms with Crippen molar-refractivity contribution in [1.29, 1.82) is 0 Å². The molecule has 0 bridgehead atoms. The molecule has 1 aromatic heterocycles. The second-order valence-electron chi connectivity index (χ2n) is 6.75. The number of hydrogen-bond acceptors (Lipinski definition) is 5. The smallest absolute Gasteiger partial charge is 0.306 e. The Hall–Kier alpha value is -3.54. The van der Waals surface area contributed by atoms with Crippen molar-refractivity contribution < 1.29 is 19.1 Å². The van der Waals surface area contributed by atoms with Crippen molar-refractivity contribution in [3.8, 4) is 0 Å². The maximum Gasteiger partial charge on any atom is 0.306 e. The van der Waals surface area contributed by atoms with E-state index in [1.54, 1.807) is 24.3 Å². The van der Waals surface area contributed by atoms with Gasteiger partial charge in [0.25, 0.3) is 5.91 Å². The molecule has 29 heavy (non-hydrogen) atoms. The molecule has 0 spiro atoms. The number of carbonyl (C=O) groups excluding carboxylic acids is 3. The lowest BCUT2D eigenvalue weighted by atomic mass is 10.1. The molecule has 2 aromatic carbocycles. The van der Waals surface area contributed by atoms with Gasteiger partial charge in [0.2, 0.25) is 0 Å². The fourth-order valence-electron chi connectivity index (χ4n) is 2.85. The maximum atomic E-state index is 12.3. The normalized spacial score (nSPS) is 11.7. The quantitative estimate of drug-likeness (QED) is 0.488. The van der Waals surface area contributed by atoms with Crippen LogP contribution in [0.2, 0.25) is 0 Å². The summed E-state index contributed by atoms with van der Waals surface area (Å²) in [6.07, 6.45) is -0.394. The van der Waals surface area contributed by atoms with Gasteiger partial charge >= 0.3 is 5.97 Å². The number of Topliss-reactive ketones (excluding diaryl/α,β-unsaturated/α-hetero) is 1. The highest BCUT2D eigenvalue weighted by atomic mass is 16.5. The van der Waals surface area contributed by atoms with Crippen LogP contribution in [0.3, 0.4) is 0 Å². The summed E-state index contributed by atoms with van der Waals surface area (Å²) >= 11 is 0. The third-order valence-electron chi connectivity index (χ3n) is 4.46. The van der Waals surface area contributed by atoms with Gasteiger partial charge in [-0.1, -0.05) is 36.4 Å². The summed E-state index contributed by atoms with van der Waals surface area (Å²) < 4.78 is 5.23. The van der Waals surface area contributed by atoms with Crippen LogP contribution >= 0.6 is 0 Å². The lowest BCUT2D eigenvalue weighted by Gasteiger charge is -2.14. The monoisotopic (exact) mass is 390 g/mol. The SMILES string of the molecule is CC(=O)c1cccc(NC(=O)[C@H](C)OC(=O)CCc2ccc3ccccc3n2)c1. The molecule has 0 aliphatic heterocycles. The fourth-order valence-corrected chi connectivity index (χ4v) is 2.85. The summed E-state index contributed by atoms with van der Waals surface area (Å²) in [5.74, 6) is -1.02. The minimum Gasteiger partial charge on any atom is -0.453 e. The number of ketones is 1. The highest BCUT2D eigenvalue weighted by molar-refractivity contribution is 5.98. The molecular formula is C23H22N2O4. The average molecular weight is 390 g/mol. The molecule has 0 unspecified atom stereocenters. The largest absolute Gasteiger partial charge is 0.453 e. The molecule has 6 heteroatoms. The van der Waals surface area contributed by atoms with Crippen LogP contribution in [0.15, 0.2) is 60.7 Å². The van der Waals surface area contributed by atoms with E-state index >= 15 is 0 Å². The number of benzene rings is 2. The molecule has 0 radical (unpaired) electrons. The number of nitrogens with zero attached hydrogens (tertiary/aromatic N) is 1. The summed E-state index contributed by atoms with van der Waals surface area (Å²) in [6, 6.07) is 18.2. The van der Waals surface area contributed by atoms with Crippen molar-refractivity contribution in [2.75, 3.05) is 5.32 Å². The maximum absolute atomic E-state index is 12.3. The van der Waals surface area contributed by atoms with Gasteiger partial charge in [0.1, 0.15) is 0 Å². The molecule has 0 aliphatic carbocycles. The van der Waals surface area contributed by atoms with Gasteiger partial charge in [-0.15, -0.1) is 0 Å². The summed E-state index contributed by atoms with van der Waals surface area (Å²) in [5, 5.41) is 3.70. The zero-order valence-electron chi connectivity index (χ0n) is 16.3. The first-order valence-corrected chi connectivity index (χ1v) is 9.38. The summed E-state index contributed by atoms with van der Waals surface area (Å²) in [5.41, 5.74) is 2.64. The number of amides is 1. The van der Waals surface area contributed by atoms with Gasteiger partial charge in [-0.25, -0.2) is 0 Å². The van der Waals surface area contributed by atoms with E-state index in [2.05, 4.69) is 10.3 Å². The van der Waals surface area contributed by atoms with Gasteiger partial charge in [-0.05, 0) is 38.1 Å². The van der Waals surface area contributed by atoms with E-state index in [1.165, 1.54) is 13.8 Å². The van der Waals surface area contributed by atoms with Gasteiger partial charge < -0.3 is 10.1 Å². The second kappa shape index (κ2) is 9.10. The van der Waals surface area contributed by atoms with Gasteiger partial charge in [0.15, 0.2) is 11.9 Å². The van der Waals surface area contributed by atoms with Gasteiger partial charge in [0.05, 0.1) is 11.9 Å². The highest BCUT2D eigenvalue weighted by Crippen LogP contribution is 2.14. The van der Waals surface area contributed by atoms with E-state index < -0.39 is 18.0 Å². The van der Waals surface area contributed by atoms with Crippen LogP contribution in [-0.2, 0) is 20.7 Å². The molecule has 0 saturated carbocycles. The Balaban J connectivity index is 1.52. The number of ether oxygens (including phenoxy) is 1. The Morgan fingerprint density at radius 2 is 1.83 bits per heavy atom. The molecule has 3 aromatic rings. The first kappa shape index (κ1) is 20.2. The van der Waals surface area contributed by atoms with E-state index in [1.807, 2.05) is 36.4 Å². The lowest BCUT2D eigenvalue weighted by molar-refractivity contribution is -0.153. The van der Waals surface area contributed by atoms with Crippen molar-refractivity contribution in [1.82, 2.24) is 4.98 Å². The fraction of sp³-hybridized carbons (Fsp3) is 0.217. The Morgan fingerprint density at radius 1 is 1.03 bits per heavy atom. The number of nitrogens with one attached hydrogen (secondary N) is 1. The molecule has 1 heterocycles. The number of pyridine rings is 1. The molecule has 0 fully saturated rings. The Kier molecular flexibility index (Phi) is 6.34. The van der Waals surface area contributed by atoms with Crippen molar-refractivity contribution in [3.63, 3.8) is 0 Å². The number of aryl methyl sites for hydroxylation is 1. The van der Waals surface area contributed by atoms with E-state index in [9.17, 15) is 14.4 Å². The third kappa shape index (κ3) is 5.48. The highest BCUT2D eigenvalue weighted by Gasteiger charge is 2.18. The molecule has 1 amide bonds. The van der Waals surface area contributed by atoms with Crippen LogP contribution in [0.5, 0.6) is 0 Å². The number of esters is 1. The Labute approximate surface area is 168 Å². The van der Waals surface area contributed by atoms with E-state index in [-0.39, 0.29) is 12.2 Å². The standard InChI is InChI=1S/C23H22N2O4/c1-15(26)18-7-5-8-20(14-18)25-23(28)16(2)29-22(27)13-12-19-11-10-17-6-3-4-9-21(17)24-19/h3-11,14,16H,12-13H2,1-2H3,(H,25,28)/t16-/m0/s1. The minimum atomic E-state index is -0.951. The van der Waals surface area contributed by atoms with Crippen LogP contribution in [0, 0.1) is 0 Å². The number of rotatable bonds is 7. The summed E-state index contributed by atoms with van der Waals surface area (Å²) in [6.45, 7) is 2.96. The lowest BCUT2D eigenvalue weighted by Crippen LogP contribution is -2.30. The van der Waals surface area contributed by atoms with E-state index in [4.69, 9.17) is 4.74 Å². The number of carbonyl (C=O) groups is 3. The Morgan fingerprint density at radius 3 is 2.62 bits per heavy atom. The van der Waals surface area contributed by atoms with Crippen molar-refractivity contribution in [2.24, 2.45) is 0 Å². The molecule has 3 rings (SSSR count). The average Bonchev–Trinajstić information content (AvgIpc) is 2.72. The molecule has 1 N–H and O–H groups in total. The molecule has 0 saturated heterocycles. The van der Waals surface area contributed by atoms with Crippen molar-refractivity contribution >= 4 is 34.3 Å². The van der Waals surface area contributed by atoms with E-state index in [0.29, 0.717) is 17.7 Å². The van der Waals surface area contributed by atoms with Crippen LogP contribution in [0.1, 0.15) is 36.3 Å². The number of anilines is 1. The topological polar surface area (TPSA) is 85.4 Å². The number of aromatic nitrogens is 1. The van der Waals surface area contributed by atoms with Crippen molar-refractivity contribution in [3.05, 3.63) is 71.9 Å². The first-order chi connectivity index (χ1) is 13.9. The summed E-state index contributed by atoms with van der Waals surface area (Å²) in [4.78, 5) is 40.3. The molecule has 6 nitrogen and oxygen atoms in total.